The molecule has 1 rings (SSSR count). The van der Waals surface area contributed by atoms with Crippen molar-refractivity contribution in [2.45, 2.75) is 12.7 Å². The maximum absolute atomic E-state index is 13.1. The molecule has 5 heteroatoms. The predicted octanol–water partition coefficient (Wildman–Crippen LogP) is 2.06. The van der Waals surface area contributed by atoms with Crippen molar-refractivity contribution in [2.75, 3.05) is 6.54 Å². The number of alkyl halides is 2. The Bertz CT molecular complexity index is 293. The van der Waals surface area contributed by atoms with Crippen molar-refractivity contribution in [3.05, 3.63) is 35.6 Å². The molecule has 0 heterocycles. The second-order valence-electron chi connectivity index (χ2n) is 2.64. The molecule has 0 spiro atoms. The van der Waals surface area contributed by atoms with Gasteiger partial charge in [-0.15, -0.1) is 0 Å². The number of rotatable bonds is 4. The molecule has 1 aromatic carbocycles. The fourth-order valence-corrected chi connectivity index (χ4v) is 1.12. The Labute approximate surface area is 79.5 Å². The van der Waals surface area contributed by atoms with Crippen LogP contribution in [0.1, 0.15) is 11.7 Å². The smallest absolute Gasteiger partial charge is 0.328 e. The minimum absolute atomic E-state index is 0.0512. The zero-order valence-electron chi connectivity index (χ0n) is 7.29. The summed E-state index contributed by atoms with van der Waals surface area (Å²) < 4.78 is 41.0. The molecule has 0 aliphatic carbocycles. The molecule has 0 aromatic heterocycles. The molecule has 0 bridgehead atoms. The normalized spacial score (nSPS) is 13.2. The minimum atomic E-state index is -2.96. The minimum Gasteiger partial charge on any atom is -0.328 e. The van der Waals surface area contributed by atoms with Crippen molar-refractivity contribution >= 4 is 0 Å². The van der Waals surface area contributed by atoms with Crippen LogP contribution in [0.3, 0.4) is 0 Å². The fourth-order valence-electron chi connectivity index (χ4n) is 1.12. The second kappa shape index (κ2) is 4.97. The van der Waals surface area contributed by atoms with Crippen LogP contribution in [0.5, 0.6) is 0 Å². The first-order valence-corrected chi connectivity index (χ1v) is 4.03. The van der Waals surface area contributed by atoms with Crippen LogP contribution in [-0.2, 0) is 4.74 Å². The van der Waals surface area contributed by atoms with Gasteiger partial charge in [0.25, 0.3) is 0 Å². The summed E-state index contributed by atoms with van der Waals surface area (Å²) in [6, 6.07) is 5.55. The van der Waals surface area contributed by atoms with Crippen molar-refractivity contribution in [3.63, 3.8) is 0 Å². The van der Waals surface area contributed by atoms with Gasteiger partial charge in [0.15, 0.2) is 0 Å². The summed E-state index contributed by atoms with van der Waals surface area (Å²) in [5.41, 5.74) is 5.25. The molecule has 78 valence electrons. The van der Waals surface area contributed by atoms with Crippen molar-refractivity contribution in [2.24, 2.45) is 5.73 Å². The Morgan fingerprint density at radius 1 is 1.29 bits per heavy atom. The summed E-state index contributed by atoms with van der Waals surface area (Å²) in [7, 11) is 0. The van der Waals surface area contributed by atoms with Gasteiger partial charge in [-0.25, -0.2) is 4.39 Å². The average Bonchev–Trinajstić information content (AvgIpc) is 2.15. The molecule has 2 N–H and O–H groups in total. The maximum atomic E-state index is 13.1. The molecule has 0 aliphatic heterocycles. The van der Waals surface area contributed by atoms with Crippen LogP contribution >= 0.6 is 0 Å². The quantitative estimate of drug-likeness (QED) is 0.816. The van der Waals surface area contributed by atoms with Crippen molar-refractivity contribution in [1.82, 2.24) is 0 Å². The van der Waals surface area contributed by atoms with Crippen LogP contribution < -0.4 is 5.73 Å². The highest BCUT2D eigenvalue weighted by atomic mass is 19.3. The van der Waals surface area contributed by atoms with E-state index in [1.54, 1.807) is 0 Å². The number of halogens is 3. The van der Waals surface area contributed by atoms with E-state index in [-0.39, 0.29) is 12.1 Å². The summed E-state index contributed by atoms with van der Waals surface area (Å²) in [5.74, 6) is -0.594. The first-order valence-electron chi connectivity index (χ1n) is 4.03. The predicted molar refractivity (Wildman–Crippen MR) is 45.3 cm³/mol. The Kier molecular flexibility index (Phi) is 3.91. The molecule has 0 amide bonds. The third-order valence-corrected chi connectivity index (χ3v) is 1.73. The Hall–Kier alpha value is -1.07. The fraction of sp³-hybridized carbons (Fsp3) is 0.333. The third-order valence-electron chi connectivity index (χ3n) is 1.73. The van der Waals surface area contributed by atoms with Crippen LogP contribution in [0.25, 0.3) is 0 Å². The summed E-state index contributed by atoms with van der Waals surface area (Å²) in [4.78, 5) is 0. The van der Waals surface area contributed by atoms with E-state index in [2.05, 4.69) is 4.74 Å². The molecule has 2 nitrogen and oxygen atoms in total. The molecule has 0 aliphatic rings. The number of hydrogen-bond donors (Lipinski definition) is 1. The zero-order chi connectivity index (χ0) is 10.6. The largest absolute Gasteiger partial charge is 0.345 e. The van der Waals surface area contributed by atoms with Gasteiger partial charge in [-0.05, 0) is 6.07 Å². The number of nitrogens with two attached hydrogens (primary N) is 1. The van der Waals surface area contributed by atoms with E-state index in [0.717, 1.165) is 0 Å². The van der Waals surface area contributed by atoms with Crippen LogP contribution in [0, 0.1) is 5.82 Å². The topological polar surface area (TPSA) is 35.2 Å². The number of ether oxygens (including phenoxy) is 1. The summed E-state index contributed by atoms with van der Waals surface area (Å²) in [6.45, 7) is -3.14. The highest BCUT2D eigenvalue weighted by molar-refractivity contribution is 5.20. The highest BCUT2D eigenvalue weighted by Gasteiger charge is 2.18. The molecule has 0 radical (unpaired) electrons. The lowest BCUT2D eigenvalue weighted by Crippen LogP contribution is -2.19. The molecule has 0 fully saturated rings. The van der Waals surface area contributed by atoms with Gasteiger partial charge in [-0.2, -0.15) is 8.78 Å². The number of benzene rings is 1. The summed E-state index contributed by atoms with van der Waals surface area (Å²) >= 11 is 0. The maximum Gasteiger partial charge on any atom is 0.345 e. The first kappa shape index (κ1) is 11.0. The Balaban J connectivity index is 2.83. The van der Waals surface area contributed by atoms with E-state index in [1.165, 1.54) is 24.3 Å². The molecule has 1 atom stereocenters. The van der Waals surface area contributed by atoms with E-state index in [4.69, 9.17) is 5.73 Å². The summed E-state index contributed by atoms with van der Waals surface area (Å²) in [6.07, 6.45) is -1.10. The molecule has 0 saturated heterocycles. The number of hydrogen-bond acceptors (Lipinski definition) is 2. The first-order chi connectivity index (χ1) is 6.65. The van der Waals surface area contributed by atoms with Crippen LogP contribution in [0.4, 0.5) is 13.2 Å². The zero-order valence-corrected chi connectivity index (χ0v) is 7.29. The Morgan fingerprint density at radius 2 is 1.93 bits per heavy atom. The van der Waals surface area contributed by atoms with E-state index >= 15 is 0 Å². The van der Waals surface area contributed by atoms with Crippen LogP contribution in [0.15, 0.2) is 24.3 Å². The van der Waals surface area contributed by atoms with Gasteiger partial charge < -0.3 is 10.5 Å². The van der Waals surface area contributed by atoms with E-state index in [9.17, 15) is 13.2 Å². The van der Waals surface area contributed by atoms with Gasteiger partial charge >= 0.3 is 6.61 Å². The highest BCUT2D eigenvalue weighted by Crippen LogP contribution is 2.21. The second-order valence-corrected chi connectivity index (χ2v) is 2.64. The van der Waals surface area contributed by atoms with E-state index in [1.807, 2.05) is 0 Å². The van der Waals surface area contributed by atoms with Crippen LogP contribution in [0.2, 0.25) is 0 Å². The summed E-state index contributed by atoms with van der Waals surface area (Å²) in [5, 5.41) is 0. The standard InChI is InChI=1S/C9H10F3NO/c10-7-4-2-1-3-6(7)8(5-13)14-9(11)12/h1-4,8-9H,5,13H2. The van der Waals surface area contributed by atoms with Gasteiger partial charge in [0.1, 0.15) is 11.9 Å². The van der Waals surface area contributed by atoms with Gasteiger partial charge in [-0.1, -0.05) is 18.2 Å². The van der Waals surface area contributed by atoms with Gasteiger partial charge in [0.05, 0.1) is 0 Å². The lowest BCUT2D eigenvalue weighted by molar-refractivity contribution is -0.162. The molecule has 0 saturated carbocycles. The van der Waals surface area contributed by atoms with Crippen molar-refractivity contribution in [1.29, 1.82) is 0 Å². The SMILES string of the molecule is NCC(OC(F)F)c1ccccc1F. The average molecular weight is 205 g/mol. The van der Waals surface area contributed by atoms with Crippen molar-refractivity contribution < 1.29 is 17.9 Å². The molecular formula is C9H10F3NO. The van der Waals surface area contributed by atoms with Gasteiger partial charge in [0, 0.05) is 12.1 Å². The Morgan fingerprint density at radius 3 is 2.43 bits per heavy atom. The molecule has 1 unspecified atom stereocenters. The lowest BCUT2D eigenvalue weighted by Gasteiger charge is -2.15. The molecule has 14 heavy (non-hydrogen) atoms. The van der Waals surface area contributed by atoms with Gasteiger partial charge in [-0.3, -0.25) is 0 Å². The molecule has 1 aromatic rings. The molecular weight excluding hydrogens is 195 g/mol. The lowest BCUT2D eigenvalue weighted by atomic mass is 10.1. The van der Waals surface area contributed by atoms with Crippen molar-refractivity contribution in [3.8, 4) is 0 Å². The van der Waals surface area contributed by atoms with Gasteiger partial charge in [0.2, 0.25) is 0 Å². The third kappa shape index (κ3) is 2.71. The monoisotopic (exact) mass is 205 g/mol. The van der Waals surface area contributed by atoms with E-state index < -0.39 is 18.5 Å². The van der Waals surface area contributed by atoms with E-state index in [0.29, 0.717) is 0 Å². The van der Waals surface area contributed by atoms with Crippen LogP contribution in [-0.4, -0.2) is 13.2 Å².